The van der Waals surface area contributed by atoms with Gasteiger partial charge in [0.25, 0.3) is 0 Å². The summed E-state index contributed by atoms with van der Waals surface area (Å²) in [5.74, 6) is 0.803. The number of hydrogen-bond acceptors (Lipinski definition) is 3. The van der Waals surface area contributed by atoms with Crippen molar-refractivity contribution in [3.05, 3.63) is 0 Å². The maximum atomic E-state index is 12.1. The molecular formula is C16H30N2O. The van der Waals surface area contributed by atoms with E-state index in [1.807, 2.05) is 0 Å². The second-order valence-electron chi connectivity index (χ2n) is 7.17. The summed E-state index contributed by atoms with van der Waals surface area (Å²) in [6, 6.07) is 0. The van der Waals surface area contributed by atoms with Gasteiger partial charge in [-0.05, 0) is 31.2 Å². The van der Waals surface area contributed by atoms with Crippen LogP contribution >= 0.6 is 0 Å². The van der Waals surface area contributed by atoms with E-state index in [4.69, 9.17) is 0 Å². The van der Waals surface area contributed by atoms with Gasteiger partial charge in [0, 0.05) is 45.1 Å². The Morgan fingerprint density at radius 3 is 2.42 bits per heavy atom. The molecule has 1 saturated carbocycles. The summed E-state index contributed by atoms with van der Waals surface area (Å²) in [6.45, 7) is 13.7. The molecule has 1 atom stereocenters. The number of carbonyl (C=O) groups is 1. The average molecular weight is 266 g/mol. The molecule has 0 amide bonds. The maximum absolute atomic E-state index is 12.1. The molecule has 0 spiro atoms. The van der Waals surface area contributed by atoms with Crippen LogP contribution in [0.5, 0.6) is 0 Å². The van der Waals surface area contributed by atoms with Gasteiger partial charge in [0.2, 0.25) is 0 Å². The third kappa shape index (κ3) is 4.28. The van der Waals surface area contributed by atoms with Crippen LogP contribution in [0.2, 0.25) is 0 Å². The Labute approximate surface area is 118 Å². The molecule has 0 aromatic heterocycles. The third-order valence-electron chi connectivity index (χ3n) is 4.79. The van der Waals surface area contributed by atoms with Gasteiger partial charge in [-0.1, -0.05) is 20.8 Å². The van der Waals surface area contributed by atoms with E-state index in [9.17, 15) is 4.79 Å². The van der Waals surface area contributed by atoms with Gasteiger partial charge in [0.05, 0.1) is 0 Å². The van der Waals surface area contributed by atoms with Crippen LogP contribution in [0.4, 0.5) is 0 Å². The van der Waals surface area contributed by atoms with Gasteiger partial charge in [-0.2, -0.15) is 0 Å². The minimum absolute atomic E-state index is 0.293. The van der Waals surface area contributed by atoms with Crippen LogP contribution in [0.15, 0.2) is 0 Å². The van der Waals surface area contributed by atoms with Crippen molar-refractivity contribution in [3.63, 3.8) is 0 Å². The van der Waals surface area contributed by atoms with Crippen LogP contribution < -0.4 is 0 Å². The Hall–Kier alpha value is -0.410. The lowest BCUT2D eigenvalue weighted by molar-refractivity contribution is -0.128. The van der Waals surface area contributed by atoms with Crippen molar-refractivity contribution in [2.24, 2.45) is 11.3 Å². The molecule has 0 aromatic carbocycles. The van der Waals surface area contributed by atoms with Crippen molar-refractivity contribution < 1.29 is 4.79 Å². The highest BCUT2D eigenvalue weighted by Gasteiger charge is 2.34. The fourth-order valence-corrected chi connectivity index (χ4v) is 3.54. The number of piperazine rings is 1. The maximum Gasteiger partial charge on any atom is 0.137 e. The Morgan fingerprint density at radius 2 is 1.79 bits per heavy atom. The number of hydrogen-bond donors (Lipinski definition) is 0. The highest BCUT2D eigenvalue weighted by atomic mass is 16.1. The molecule has 1 aliphatic carbocycles. The Morgan fingerprint density at radius 1 is 1.16 bits per heavy atom. The number of Topliss-reactive ketones (excluding diaryl/α,β-unsaturated/α-hetero) is 1. The molecule has 3 nitrogen and oxygen atoms in total. The molecule has 0 aromatic rings. The number of ketones is 1. The summed E-state index contributed by atoms with van der Waals surface area (Å²) >= 11 is 0. The Kier molecular flexibility index (Phi) is 5.02. The lowest BCUT2D eigenvalue weighted by atomic mass is 9.71. The number of carbonyl (C=O) groups excluding carboxylic acids is 1. The van der Waals surface area contributed by atoms with Gasteiger partial charge in [0.1, 0.15) is 5.78 Å². The van der Waals surface area contributed by atoms with Crippen molar-refractivity contribution in [1.82, 2.24) is 9.80 Å². The zero-order valence-electron chi connectivity index (χ0n) is 13.0. The predicted molar refractivity (Wildman–Crippen MR) is 79.3 cm³/mol. The molecule has 19 heavy (non-hydrogen) atoms. The van der Waals surface area contributed by atoms with E-state index in [2.05, 4.69) is 30.6 Å². The van der Waals surface area contributed by atoms with Crippen LogP contribution in [-0.4, -0.2) is 54.9 Å². The third-order valence-corrected chi connectivity index (χ3v) is 4.79. The zero-order valence-corrected chi connectivity index (χ0v) is 13.0. The quantitative estimate of drug-likeness (QED) is 0.781. The topological polar surface area (TPSA) is 23.6 Å². The van der Waals surface area contributed by atoms with E-state index in [0.29, 0.717) is 17.1 Å². The first-order chi connectivity index (χ1) is 9.00. The normalized spacial score (nSPS) is 29.6. The van der Waals surface area contributed by atoms with Gasteiger partial charge in [-0.3, -0.25) is 4.79 Å². The molecule has 1 heterocycles. The summed E-state index contributed by atoms with van der Waals surface area (Å²) in [5, 5.41) is 0. The molecule has 2 fully saturated rings. The fraction of sp³-hybridized carbons (Fsp3) is 0.938. The van der Waals surface area contributed by atoms with E-state index < -0.39 is 0 Å². The van der Waals surface area contributed by atoms with Crippen LogP contribution in [0, 0.1) is 11.3 Å². The molecule has 0 radical (unpaired) electrons. The van der Waals surface area contributed by atoms with Gasteiger partial charge in [0.15, 0.2) is 0 Å². The molecule has 1 aliphatic heterocycles. The molecule has 1 saturated heterocycles. The van der Waals surface area contributed by atoms with Gasteiger partial charge >= 0.3 is 0 Å². The Balaban J connectivity index is 1.80. The SMILES string of the molecule is CCCN1CCN(CC2CC(C)(C)CCC2=O)CC1. The van der Waals surface area contributed by atoms with Crippen LogP contribution in [0.3, 0.4) is 0 Å². The number of nitrogens with zero attached hydrogens (tertiary/aromatic N) is 2. The Bertz CT molecular complexity index is 306. The smallest absolute Gasteiger partial charge is 0.137 e. The van der Waals surface area contributed by atoms with Crippen molar-refractivity contribution in [3.8, 4) is 0 Å². The summed E-state index contributed by atoms with van der Waals surface area (Å²) in [4.78, 5) is 17.1. The summed E-state index contributed by atoms with van der Waals surface area (Å²) in [6.07, 6.45) is 4.20. The van der Waals surface area contributed by atoms with Crippen molar-refractivity contribution in [1.29, 1.82) is 0 Å². The van der Waals surface area contributed by atoms with E-state index in [0.717, 1.165) is 38.9 Å². The lowest BCUT2D eigenvalue weighted by Crippen LogP contribution is -2.49. The summed E-state index contributed by atoms with van der Waals surface area (Å²) in [7, 11) is 0. The first kappa shape index (κ1) is 15.0. The van der Waals surface area contributed by atoms with Gasteiger partial charge < -0.3 is 9.80 Å². The van der Waals surface area contributed by atoms with Gasteiger partial charge in [-0.25, -0.2) is 0 Å². The van der Waals surface area contributed by atoms with Crippen LogP contribution in [-0.2, 0) is 4.79 Å². The zero-order chi connectivity index (χ0) is 13.9. The second kappa shape index (κ2) is 6.36. The van der Waals surface area contributed by atoms with Gasteiger partial charge in [-0.15, -0.1) is 0 Å². The van der Waals surface area contributed by atoms with Crippen molar-refractivity contribution in [2.75, 3.05) is 39.3 Å². The molecule has 0 N–H and O–H groups in total. The predicted octanol–water partition coefficient (Wildman–Crippen LogP) is 2.41. The highest BCUT2D eigenvalue weighted by molar-refractivity contribution is 5.82. The average Bonchev–Trinajstić information content (AvgIpc) is 2.36. The van der Waals surface area contributed by atoms with E-state index in [1.54, 1.807) is 0 Å². The standard InChI is InChI=1S/C16H30N2O/c1-4-7-17-8-10-18(11-9-17)13-14-12-16(2,3)6-5-15(14)19/h14H,4-13H2,1-3H3. The minimum atomic E-state index is 0.293. The van der Waals surface area contributed by atoms with Crippen molar-refractivity contribution in [2.45, 2.75) is 46.5 Å². The largest absolute Gasteiger partial charge is 0.301 e. The van der Waals surface area contributed by atoms with E-state index in [-0.39, 0.29) is 0 Å². The van der Waals surface area contributed by atoms with Crippen LogP contribution in [0.25, 0.3) is 0 Å². The molecule has 0 bridgehead atoms. The van der Waals surface area contributed by atoms with Crippen LogP contribution in [0.1, 0.15) is 46.5 Å². The molecule has 110 valence electrons. The fourth-order valence-electron chi connectivity index (χ4n) is 3.54. The molecule has 3 heteroatoms. The molecular weight excluding hydrogens is 236 g/mol. The molecule has 1 unspecified atom stereocenters. The molecule has 2 rings (SSSR count). The van der Waals surface area contributed by atoms with Crippen molar-refractivity contribution >= 4 is 5.78 Å². The second-order valence-corrected chi connectivity index (χ2v) is 7.17. The first-order valence-electron chi connectivity index (χ1n) is 7.97. The minimum Gasteiger partial charge on any atom is -0.301 e. The van der Waals surface area contributed by atoms with E-state index in [1.165, 1.54) is 26.1 Å². The highest BCUT2D eigenvalue weighted by Crippen LogP contribution is 2.37. The number of rotatable bonds is 4. The summed E-state index contributed by atoms with van der Waals surface area (Å²) < 4.78 is 0. The first-order valence-corrected chi connectivity index (χ1v) is 7.97. The monoisotopic (exact) mass is 266 g/mol. The molecule has 2 aliphatic rings. The lowest BCUT2D eigenvalue weighted by Gasteiger charge is -2.39. The van der Waals surface area contributed by atoms with E-state index >= 15 is 0 Å². The summed E-state index contributed by atoms with van der Waals surface area (Å²) in [5.41, 5.74) is 0.364.